The molecule has 1 aromatic carbocycles. The van der Waals surface area contributed by atoms with Crippen molar-refractivity contribution in [3.05, 3.63) is 29.3 Å². The molecule has 0 atom stereocenters. The number of benzene rings is 1. The maximum atomic E-state index is 12.4. The molecule has 26 heavy (non-hydrogen) atoms. The highest BCUT2D eigenvalue weighted by molar-refractivity contribution is 5.78. The molecule has 0 unspecified atom stereocenters. The van der Waals surface area contributed by atoms with Gasteiger partial charge in [-0.1, -0.05) is 12.1 Å². The van der Waals surface area contributed by atoms with Gasteiger partial charge in [-0.3, -0.25) is 14.5 Å². The van der Waals surface area contributed by atoms with E-state index in [-0.39, 0.29) is 17.9 Å². The molecule has 1 fully saturated rings. The van der Waals surface area contributed by atoms with Gasteiger partial charge in [-0.05, 0) is 44.9 Å². The number of ether oxygens (including phenoxy) is 1. The molecule has 0 bridgehead atoms. The van der Waals surface area contributed by atoms with Crippen LogP contribution in [0.1, 0.15) is 31.4 Å². The van der Waals surface area contributed by atoms with Gasteiger partial charge in [0.1, 0.15) is 5.75 Å². The van der Waals surface area contributed by atoms with Gasteiger partial charge in [0.05, 0.1) is 19.6 Å². The summed E-state index contributed by atoms with van der Waals surface area (Å²) in [7, 11) is 0. The molecule has 0 saturated carbocycles. The summed E-state index contributed by atoms with van der Waals surface area (Å²) in [6, 6.07) is 6.23. The number of hydrogen-bond donors (Lipinski definition) is 1. The van der Waals surface area contributed by atoms with Crippen LogP contribution in [-0.4, -0.2) is 67.0 Å². The van der Waals surface area contributed by atoms with E-state index >= 15 is 0 Å². The van der Waals surface area contributed by atoms with Crippen LogP contribution in [0, 0.1) is 13.8 Å². The Morgan fingerprint density at radius 2 is 1.85 bits per heavy atom. The second kappa shape index (κ2) is 9.57. The number of nitrogens with zero attached hydrogens (tertiary/aromatic N) is 2. The number of amides is 2. The van der Waals surface area contributed by atoms with Crippen molar-refractivity contribution in [1.82, 2.24) is 15.1 Å². The number of nitrogens with one attached hydrogen (secondary N) is 1. The molecule has 2 rings (SSSR count). The summed E-state index contributed by atoms with van der Waals surface area (Å²) in [6.45, 7) is 11.5. The maximum absolute atomic E-state index is 12.4. The maximum Gasteiger partial charge on any atom is 0.234 e. The molecule has 1 saturated heterocycles. The molecule has 0 spiro atoms. The topological polar surface area (TPSA) is 61.9 Å². The zero-order chi connectivity index (χ0) is 19.1. The van der Waals surface area contributed by atoms with E-state index in [4.69, 9.17) is 4.74 Å². The first-order valence-electron chi connectivity index (χ1n) is 9.34. The highest BCUT2D eigenvalue weighted by atomic mass is 16.5. The Bertz CT molecular complexity index is 623. The molecule has 1 aromatic rings. The van der Waals surface area contributed by atoms with E-state index in [1.54, 1.807) is 0 Å². The van der Waals surface area contributed by atoms with Gasteiger partial charge < -0.3 is 15.0 Å². The van der Waals surface area contributed by atoms with Gasteiger partial charge >= 0.3 is 0 Å². The van der Waals surface area contributed by atoms with Crippen molar-refractivity contribution in [3.8, 4) is 5.75 Å². The largest absolute Gasteiger partial charge is 0.493 e. The lowest BCUT2D eigenvalue weighted by Gasteiger charge is -2.34. The number of piperazine rings is 1. The van der Waals surface area contributed by atoms with Crippen molar-refractivity contribution in [2.75, 3.05) is 39.3 Å². The Balaban J connectivity index is 1.70. The molecule has 2 amide bonds. The number of aryl methyl sites for hydroxylation is 2. The normalized spacial score (nSPS) is 15.2. The van der Waals surface area contributed by atoms with Gasteiger partial charge in [0.2, 0.25) is 11.8 Å². The minimum atomic E-state index is 0.0432. The third-order valence-corrected chi connectivity index (χ3v) is 4.46. The zero-order valence-electron chi connectivity index (χ0n) is 16.4. The van der Waals surface area contributed by atoms with Crippen LogP contribution in [0.2, 0.25) is 0 Å². The van der Waals surface area contributed by atoms with Crippen LogP contribution >= 0.6 is 0 Å². The fourth-order valence-corrected chi connectivity index (χ4v) is 3.00. The molecule has 144 valence electrons. The third-order valence-electron chi connectivity index (χ3n) is 4.46. The standard InChI is InChI=1S/C20H31N3O3/c1-15(2)21-19(24)14-22-8-10-23(11-9-22)20(25)7-12-26-18-13-16(3)5-6-17(18)4/h5-6,13,15H,7-12,14H2,1-4H3,(H,21,24). The first kappa shape index (κ1) is 20.2. The van der Waals surface area contributed by atoms with E-state index in [9.17, 15) is 9.59 Å². The molecule has 0 aliphatic carbocycles. The van der Waals surface area contributed by atoms with Gasteiger partial charge in [0, 0.05) is 32.2 Å². The van der Waals surface area contributed by atoms with Crippen LogP contribution in [0.25, 0.3) is 0 Å². The molecular formula is C20H31N3O3. The minimum absolute atomic E-state index is 0.0432. The van der Waals surface area contributed by atoms with Crippen LogP contribution in [0.15, 0.2) is 18.2 Å². The molecule has 6 heteroatoms. The smallest absolute Gasteiger partial charge is 0.234 e. The first-order valence-corrected chi connectivity index (χ1v) is 9.34. The van der Waals surface area contributed by atoms with Crippen LogP contribution in [0.3, 0.4) is 0 Å². The Morgan fingerprint density at radius 3 is 2.50 bits per heavy atom. The Hall–Kier alpha value is -2.08. The monoisotopic (exact) mass is 361 g/mol. The van der Waals surface area contributed by atoms with E-state index in [1.165, 1.54) is 0 Å². The fraction of sp³-hybridized carbons (Fsp3) is 0.600. The Morgan fingerprint density at radius 1 is 1.15 bits per heavy atom. The number of carbonyl (C=O) groups excluding carboxylic acids is 2. The van der Waals surface area contributed by atoms with Crippen molar-refractivity contribution in [2.24, 2.45) is 0 Å². The zero-order valence-corrected chi connectivity index (χ0v) is 16.4. The van der Waals surface area contributed by atoms with E-state index in [1.807, 2.05) is 50.8 Å². The van der Waals surface area contributed by atoms with Crippen molar-refractivity contribution in [1.29, 1.82) is 0 Å². The molecule has 1 heterocycles. The lowest BCUT2D eigenvalue weighted by molar-refractivity contribution is -0.133. The lowest BCUT2D eigenvalue weighted by Crippen LogP contribution is -2.51. The molecule has 6 nitrogen and oxygen atoms in total. The van der Waals surface area contributed by atoms with Crippen molar-refractivity contribution in [3.63, 3.8) is 0 Å². The van der Waals surface area contributed by atoms with E-state index in [0.29, 0.717) is 32.7 Å². The second-order valence-corrected chi connectivity index (χ2v) is 7.25. The number of carbonyl (C=O) groups is 2. The summed E-state index contributed by atoms with van der Waals surface area (Å²) in [5.74, 6) is 1.00. The second-order valence-electron chi connectivity index (χ2n) is 7.25. The predicted molar refractivity (Wildman–Crippen MR) is 102 cm³/mol. The molecule has 1 aliphatic rings. The minimum Gasteiger partial charge on any atom is -0.493 e. The average molecular weight is 361 g/mol. The Labute approximate surface area is 156 Å². The van der Waals surface area contributed by atoms with Gasteiger partial charge in [0.25, 0.3) is 0 Å². The van der Waals surface area contributed by atoms with Crippen LogP contribution in [0.4, 0.5) is 0 Å². The van der Waals surface area contributed by atoms with Gasteiger partial charge in [-0.15, -0.1) is 0 Å². The first-order chi connectivity index (χ1) is 12.3. The number of rotatable bonds is 7. The summed E-state index contributed by atoms with van der Waals surface area (Å²) in [5, 5.41) is 2.90. The highest BCUT2D eigenvalue weighted by Gasteiger charge is 2.22. The summed E-state index contributed by atoms with van der Waals surface area (Å²) >= 11 is 0. The van der Waals surface area contributed by atoms with Crippen molar-refractivity contribution >= 4 is 11.8 Å². The van der Waals surface area contributed by atoms with E-state index in [2.05, 4.69) is 10.2 Å². The molecular weight excluding hydrogens is 330 g/mol. The SMILES string of the molecule is Cc1ccc(C)c(OCCC(=O)N2CCN(CC(=O)NC(C)C)CC2)c1. The average Bonchev–Trinajstić information content (AvgIpc) is 2.57. The fourth-order valence-electron chi connectivity index (χ4n) is 3.00. The van der Waals surface area contributed by atoms with Gasteiger partial charge in [0.15, 0.2) is 0 Å². The van der Waals surface area contributed by atoms with E-state index < -0.39 is 0 Å². The summed E-state index contributed by atoms with van der Waals surface area (Å²) in [6.07, 6.45) is 0.376. The third kappa shape index (κ3) is 6.33. The van der Waals surface area contributed by atoms with Crippen molar-refractivity contribution in [2.45, 2.75) is 40.2 Å². The molecule has 0 aromatic heterocycles. The van der Waals surface area contributed by atoms with Crippen molar-refractivity contribution < 1.29 is 14.3 Å². The van der Waals surface area contributed by atoms with E-state index in [0.717, 1.165) is 30.0 Å². The molecule has 1 N–H and O–H groups in total. The quantitative estimate of drug-likeness (QED) is 0.804. The van der Waals surface area contributed by atoms with Crippen LogP contribution in [0.5, 0.6) is 5.75 Å². The highest BCUT2D eigenvalue weighted by Crippen LogP contribution is 2.19. The van der Waals surface area contributed by atoms with Crippen LogP contribution in [-0.2, 0) is 9.59 Å². The van der Waals surface area contributed by atoms with Crippen LogP contribution < -0.4 is 10.1 Å². The summed E-state index contributed by atoms with van der Waals surface area (Å²) < 4.78 is 5.78. The summed E-state index contributed by atoms with van der Waals surface area (Å²) in [5.41, 5.74) is 2.23. The summed E-state index contributed by atoms with van der Waals surface area (Å²) in [4.78, 5) is 28.1. The van der Waals surface area contributed by atoms with Gasteiger partial charge in [-0.25, -0.2) is 0 Å². The number of hydrogen-bond acceptors (Lipinski definition) is 4. The predicted octanol–water partition coefficient (Wildman–Crippen LogP) is 1.74. The van der Waals surface area contributed by atoms with Gasteiger partial charge in [-0.2, -0.15) is 0 Å². The Kier molecular flexibility index (Phi) is 7.45. The molecule has 0 radical (unpaired) electrons. The molecule has 1 aliphatic heterocycles. The lowest BCUT2D eigenvalue weighted by atomic mass is 10.1.